The lowest BCUT2D eigenvalue weighted by molar-refractivity contribution is 0.262. The number of benzene rings is 1. The summed E-state index contributed by atoms with van der Waals surface area (Å²) in [4.78, 5) is 2.43. The van der Waals surface area contributed by atoms with Gasteiger partial charge < -0.3 is 5.73 Å². The first kappa shape index (κ1) is 11.9. The van der Waals surface area contributed by atoms with E-state index in [4.69, 9.17) is 17.3 Å². The van der Waals surface area contributed by atoms with Crippen molar-refractivity contribution in [2.75, 3.05) is 19.6 Å². The van der Waals surface area contributed by atoms with E-state index in [1.165, 1.54) is 24.9 Å². The Kier molecular flexibility index (Phi) is 4.22. The van der Waals surface area contributed by atoms with Gasteiger partial charge in [0.1, 0.15) is 0 Å². The van der Waals surface area contributed by atoms with Crippen molar-refractivity contribution in [2.24, 2.45) is 11.7 Å². The molecular formula is C13H19ClN2. The first-order chi connectivity index (χ1) is 7.78. The lowest BCUT2D eigenvalue weighted by Gasteiger charge is -2.21. The summed E-state index contributed by atoms with van der Waals surface area (Å²) in [5.74, 6) is 0.908. The minimum Gasteiger partial charge on any atom is -0.329 e. The van der Waals surface area contributed by atoms with Crippen molar-refractivity contribution >= 4 is 11.6 Å². The Morgan fingerprint density at radius 3 is 2.81 bits per heavy atom. The normalized spacial score (nSPS) is 15.7. The van der Waals surface area contributed by atoms with E-state index in [1.54, 1.807) is 0 Å². The molecule has 0 amide bonds. The Bertz CT molecular complexity index is 336. The van der Waals surface area contributed by atoms with E-state index in [2.05, 4.69) is 11.0 Å². The minimum atomic E-state index is 0.729. The molecule has 0 spiro atoms. The molecule has 0 unspecified atom stereocenters. The third kappa shape index (κ3) is 3.78. The van der Waals surface area contributed by atoms with Crippen LogP contribution in [-0.4, -0.2) is 24.5 Å². The van der Waals surface area contributed by atoms with Gasteiger partial charge in [0.25, 0.3) is 0 Å². The number of nitrogens with zero attached hydrogens (tertiary/aromatic N) is 1. The van der Waals surface area contributed by atoms with E-state index in [0.717, 1.165) is 30.6 Å². The van der Waals surface area contributed by atoms with E-state index in [-0.39, 0.29) is 0 Å². The van der Waals surface area contributed by atoms with Gasteiger partial charge in [-0.2, -0.15) is 0 Å². The Balaban J connectivity index is 1.92. The van der Waals surface area contributed by atoms with Crippen LogP contribution in [0.2, 0.25) is 5.02 Å². The van der Waals surface area contributed by atoms with Gasteiger partial charge in [-0.25, -0.2) is 0 Å². The van der Waals surface area contributed by atoms with Crippen LogP contribution >= 0.6 is 11.6 Å². The first-order valence-electron chi connectivity index (χ1n) is 5.95. The van der Waals surface area contributed by atoms with Crippen LogP contribution in [0.25, 0.3) is 0 Å². The number of halogens is 1. The number of hydrogen-bond acceptors (Lipinski definition) is 2. The van der Waals surface area contributed by atoms with Gasteiger partial charge in [0, 0.05) is 31.2 Å². The van der Waals surface area contributed by atoms with Crippen molar-refractivity contribution in [3.8, 4) is 0 Å². The lowest BCUT2D eigenvalue weighted by Crippen LogP contribution is -2.30. The fraction of sp³-hybridized carbons (Fsp3) is 0.538. The summed E-state index contributed by atoms with van der Waals surface area (Å²) in [5.41, 5.74) is 6.92. The monoisotopic (exact) mass is 238 g/mol. The molecule has 1 aliphatic carbocycles. The summed E-state index contributed by atoms with van der Waals surface area (Å²) in [6.07, 6.45) is 2.77. The van der Waals surface area contributed by atoms with Gasteiger partial charge in [-0.05, 0) is 36.5 Å². The van der Waals surface area contributed by atoms with E-state index >= 15 is 0 Å². The number of rotatable bonds is 6. The Labute approximate surface area is 102 Å². The summed E-state index contributed by atoms with van der Waals surface area (Å²) in [6.45, 7) is 3.86. The van der Waals surface area contributed by atoms with Crippen molar-refractivity contribution in [3.63, 3.8) is 0 Å². The molecule has 88 valence electrons. The molecule has 0 bridgehead atoms. The molecule has 0 aromatic heterocycles. The van der Waals surface area contributed by atoms with Gasteiger partial charge in [0.2, 0.25) is 0 Å². The minimum absolute atomic E-state index is 0.729. The van der Waals surface area contributed by atoms with Crippen LogP contribution in [-0.2, 0) is 6.54 Å². The summed E-state index contributed by atoms with van der Waals surface area (Å²) < 4.78 is 0. The Morgan fingerprint density at radius 2 is 2.19 bits per heavy atom. The van der Waals surface area contributed by atoms with Crippen molar-refractivity contribution in [3.05, 3.63) is 34.9 Å². The zero-order valence-electron chi connectivity index (χ0n) is 9.53. The lowest BCUT2D eigenvalue weighted by atomic mass is 10.2. The maximum Gasteiger partial charge on any atom is 0.0409 e. The average molecular weight is 239 g/mol. The maximum absolute atomic E-state index is 5.98. The molecule has 16 heavy (non-hydrogen) atoms. The fourth-order valence-electron chi connectivity index (χ4n) is 1.98. The van der Waals surface area contributed by atoms with Gasteiger partial charge in [0.15, 0.2) is 0 Å². The summed E-state index contributed by atoms with van der Waals surface area (Å²) in [5, 5.41) is 0.816. The molecule has 1 aromatic carbocycles. The van der Waals surface area contributed by atoms with Crippen LogP contribution in [0, 0.1) is 5.92 Å². The van der Waals surface area contributed by atoms with E-state index in [1.807, 2.05) is 18.2 Å². The van der Waals surface area contributed by atoms with Gasteiger partial charge in [-0.1, -0.05) is 23.7 Å². The van der Waals surface area contributed by atoms with Crippen LogP contribution in [0.5, 0.6) is 0 Å². The summed E-state index contributed by atoms with van der Waals surface area (Å²) >= 11 is 5.98. The van der Waals surface area contributed by atoms with Gasteiger partial charge >= 0.3 is 0 Å². The predicted molar refractivity (Wildman–Crippen MR) is 68.5 cm³/mol. The van der Waals surface area contributed by atoms with Crippen LogP contribution in [0.1, 0.15) is 18.4 Å². The van der Waals surface area contributed by atoms with Crippen molar-refractivity contribution in [2.45, 2.75) is 19.4 Å². The molecule has 0 saturated heterocycles. The molecule has 0 radical (unpaired) electrons. The molecule has 1 fully saturated rings. The highest BCUT2D eigenvalue weighted by Crippen LogP contribution is 2.30. The standard InChI is InChI=1S/C13H19ClN2/c14-13-3-1-2-12(8-13)10-16(7-6-15)9-11-4-5-11/h1-3,8,11H,4-7,9-10,15H2. The second-order valence-electron chi connectivity index (χ2n) is 4.60. The largest absolute Gasteiger partial charge is 0.329 e. The molecule has 0 heterocycles. The molecule has 1 aromatic rings. The van der Waals surface area contributed by atoms with Crippen LogP contribution in [0.3, 0.4) is 0 Å². The second kappa shape index (κ2) is 5.67. The molecule has 2 nitrogen and oxygen atoms in total. The highest BCUT2D eigenvalue weighted by molar-refractivity contribution is 6.30. The topological polar surface area (TPSA) is 29.3 Å². The molecule has 0 atom stereocenters. The fourth-order valence-corrected chi connectivity index (χ4v) is 2.19. The number of nitrogens with two attached hydrogens (primary N) is 1. The zero-order chi connectivity index (χ0) is 11.4. The quantitative estimate of drug-likeness (QED) is 0.825. The van der Waals surface area contributed by atoms with E-state index < -0.39 is 0 Å². The first-order valence-corrected chi connectivity index (χ1v) is 6.32. The zero-order valence-corrected chi connectivity index (χ0v) is 10.3. The summed E-state index contributed by atoms with van der Waals surface area (Å²) in [6, 6.07) is 8.09. The molecule has 2 rings (SSSR count). The SMILES string of the molecule is NCCN(Cc1cccc(Cl)c1)CC1CC1. The molecule has 1 saturated carbocycles. The van der Waals surface area contributed by atoms with Crippen molar-refractivity contribution < 1.29 is 0 Å². The van der Waals surface area contributed by atoms with Crippen molar-refractivity contribution in [1.82, 2.24) is 4.90 Å². The molecule has 3 heteroatoms. The van der Waals surface area contributed by atoms with E-state index in [0.29, 0.717) is 0 Å². The van der Waals surface area contributed by atoms with Crippen LogP contribution < -0.4 is 5.73 Å². The third-order valence-electron chi connectivity index (χ3n) is 2.95. The average Bonchev–Trinajstić information content (AvgIpc) is 3.02. The van der Waals surface area contributed by atoms with Crippen LogP contribution in [0.4, 0.5) is 0 Å². The van der Waals surface area contributed by atoms with E-state index in [9.17, 15) is 0 Å². The van der Waals surface area contributed by atoms with Gasteiger partial charge in [0.05, 0.1) is 0 Å². The van der Waals surface area contributed by atoms with Crippen molar-refractivity contribution in [1.29, 1.82) is 0 Å². The molecule has 0 aliphatic heterocycles. The van der Waals surface area contributed by atoms with Gasteiger partial charge in [-0.3, -0.25) is 4.90 Å². The smallest absolute Gasteiger partial charge is 0.0409 e. The highest BCUT2D eigenvalue weighted by Gasteiger charge is 2.23. The summed E-state index contributed by atoms with van der Waals surface area (Å²) in [7, 11) is 0. The molecule has 2 N–H and O–H groups in total. The maximum atomic E-state index is 5.98. The van der Waals surface area contributed by atoms with Crippen LogP contribution in [0.15, 0.2) is 24.3 Å². The Hall–Kier alpha value is -0.570. The second-order valence-corrected chi connectivity index (χ2v) is 5.03. The molecule has 1 aliphatic rings. The number of hydrogen-bond donors (Lipinski definition) is 1. The highest BCUT2D eigenvalue weighted by atomic mass is 35.5. The third-order valence-corrected chi connectivity index (χ3v) is 3.19. The Morgan fingerprint density at radius 1 is 1.38 bits per heavy atom. The predicted octanol–water partition coefficient (Wildman–Crippen LogP) is 2.51. The van der Waals surface area contributed by atoms with Gasteiger partial charge in [-0.15, -0.1) is 0 Å². The molecular weight excluding hydrogens is 220 g/mol.